The maximum atomic E-state index is 12.4. The average molecular weight is 785 g/mol. The Morgan fingerprint density at radius 1 is 0.218 bits per heavy atom. The molecule has 0 aliphatic carbocycles. The Labute approximate surface area is 298 Å². The van der Waals surface area contributed by atoms with Gasteiger partial charge in [0.25, 0.3) is 0 Å². The Balaban J connectivity index is 0.000000344. The minimum absolute atomic E-state index is 0.460. The lowest BCUT2D eigenvalue weighted by molar-refractivity contribution is 0.537. The van der Waals surface area contributed by atoms with Crippen LogP contribution in [0.5, 0.6) is 0 Å². The molecule has 0 bridgehead atoms. The Hall–Kier alpha value is -7.50. The molecule has 0 N–H and O–H groups in total. The highest BCUT2D eigenvalue weighted by Gasteiger charge is 2.13. The minimum Gasteiger partial charge on any atom is -0.207 e. The summed E-state index contributed by atoms with van der Waals surface area (Å²) in [4.78, 5) is 0. The van der Waals surface area contributed by atoms with Crippen molar-refractivity contribution in [1.82, 2.24) is 0 Å². The molecular formula is C35H10F15N5. The molecule has 0 saturated carbocycles. The summed E-state index contributed by atoms with van der Waals surface area (Å²) in [5.41, 5.74) is -3.79. The molecule has 20 heteroatoms. The first kappa shape index (κ1) is 45.5. The van der Waals surface area contributed by atoms with Crippen LogP contribution in [0.1, 0.15) is 27.8 Å². The van der Waals surface area contributed by atoms with Crippen LogP contribution < -0.4 is 0 Å². The molecule has 5 nitrogen and oxygen atoms in total. The quantitative estimate of drug-likeness (QED) is 0.145. The maximum Gasteiger partial charge on any atom is 0.146 e. The van der Waals surface area contributed by atoms with E-state index in [1.807, 2.05) is 0 Å². The molecule has 5 aromatic rings. The van der Waals surface area contributed by atoms with E-state index in [1.165, 1.54) is 30.3 Å². The lowest BCUT2D eigenvalue weighted by Crippen LogP contribution is -1.91. The summed E-state index contributed by atoms with van der Waals surface area (Å²) in [6.07, 6.45) is 0. The van der Waals surface area contributed by atoms with Gasteiger partial charge >= 0.3 is 0 Å². The third kappa shape index (κ3) is 13.5. The van der Waals surface area contributed by atoms with Crippen LogP contribution in [0.15, 0.2) is 60.7 Å². The zero-order chi connectivity index (χ0) is 42.2. The van der Waals surface area contributed by atoms with Gasteiger partial charge in [-0.05, 0) is 0 Å². The molecule has 0 aliphatic rings. The summed E-state index contributed by atoms with van der Waals surface area (Å²) in [6, 6.07) is 11.0. The van der Waals surface area contributed by atoms with E-state index in [-0.39, 0.29) is 0 Å². The summed E-state index contributed by atoms with van der Waals surface area (Å²) >= 11 is 0. The van der Waals surface area contributed by atoms with Gasteiger partial charge in [-0.2, -0.15) is 26.3 Å². The molecule has 0 radical (unpaired) electrons. The van der Waals surface area contributed by atoms with Crippen LogP contribution in [0.2, 0.25) is 0 Å². The monoisotopic (exact) mass is 785 g/mol. The zero-order valence-corrected chi connectivity index (χ0v) is 26.2. The second-order valence-electron chi connectivity index (χ2n) is 9.28. The highest BCUT2D eigenvalue weighted by Crippen LogP contribution is 2.16. The van der Waals surface area contributed by atoms with E-state index < -0.39 is 115 Å². The van der Waals surface area contributed by atoms with Crippen LogP contribution >= 0.6 is 0 Å². The van der Waals surface area contributed by atoms with Crippen LogP contribution in [-0.4, -0.2) is 0 Å². The van der Waals surface area contributed by atoms with Gasteiger partial charge in [-0.15, -0.1) is 0 Å². The third-order valence-corrected chi connectivity index (χ3v) is 5.59. The maximum absolute atomic E-state index is 12.4. The number of nitrogens with zero attached hydrogens (tertiary/aromatic N) is 5. The van der Waals surface area contributed by atoms with Gasteiger partial charge in [-0.25, -0.2) is 65.9 Å². The number of nitriles is 5. The van der Waals surface area contributed by atoms with Crippen molar-refractivity contribution in [3.05, 3.63) is 176 Å². The second-order valence-corrected chi connectivity index (χ2v) is 9.28. The summed E-state index contributed by atoms with van der Waals surface area (Å²) in [7, 11) is 0. The van der Waals surface area contributed by atoms with Crippen molar-refractivity contribution in [2.75, 3.05) is 0 Å². The van der Waals surface area contributed by atoms with Crippen molar-refractivity contribution in [3.63, 3.8) is 0 Å². The van der Waals surface area contributed by atoms with Gasteiger partial charge in [0.1, 0.15) is 145 Å². The fourth-order valence-electron chi connectivity index (χ4n) is 3.25. The number of rotatable bonds is 0. The van der Waals surface area contributed by atoms with Gasteiger partial charge in [0.2, 0.25) is 0 Å². The predicted molar refractivity (Wildman–Crippen MR) is 155 cm³/mol. The highest BCUT2D eigenvalue weighted by atomic mass is 19.2. The molecular weight excluding hydrogens is 775 g/mol. The van der Waals surface area contributed by atoms with E-state index in [4.69, 9.17) is 26.3 Å². The van der Waals surface area contributed by atoms with Crippen LogP contribution in [0, 0.1) is 144 Å². The lowest BCUT2D eigenvalue weighted by atomic mass is 10.2. The molecule has 0 heterocycles. The first-order valence-corrected chi connectivity index (χ1v) is 13.5. The van der Waals surface area contributed by atoms with Crippen molar-refractivity contribution < 1.29 is 65.9 Å². The largest absolute Gasteiger partial charge is 0.207 e. The van der Waals surface area contributed by atoms with Gasteiger partial charge in [-0.1, -0.05) is 0 Å². The first-order chi connectivity index (χ1) is 25.7. The molecule has 5 rings (SSSR count). The summed E-state index contributed by atoms with van der Waals surface area (Å²) in [5, 5.41) is 40.7. The van der Waals surface area contributed by atoms with Crippen LogP contribution in [-0.2, 0) is 0 Å². The number of benzene rings is 5. The van der Waals surface area contributed by atoms with E-state index in [0.29, 0.717) is 60.7 Å². The average Bonchev–Trinajstić information content (AvgIpc) is 3.05. The molecule has 0 fully saturated rings. The Kier molecular flexibility index (Phi) is 17.5. The molecule has 280 valence electrons. The highest BCUT2D eigenvalue weighted by molar-refractivity contribution is 5.35. The van der Waals surface area contributed by atoms with Crippen LogP contribution in [0.3, 0.4) is 0 Å². The Bertz CT molecular complexity index is 1910. The molecule has 0 unspecified atom stereocenters. The molecule has 55 heavy (non-hydrogen) atoms. The summed E-state index contributed by atoms with van der Waals surface area (Å²) < 4.78 is 185. The van der Waals surface area contributed by atoms with E-state index in [1.54, 1.807) is 0 Å². The molecule has 0 amide bonds. The molecule has 0 aliphatic heterocycles. The molecule has 0 spiro atoms. The summed E-state index contributed by atoms with van der Waals surface area (Å²) in [5.74, 6) is -16.9. The molecule has 0 aromatic heterocycles. The van der Waals surface area contributed by atoms with Crippen molar-refractivity contribution in [1.29, 1.82) is 26.3 Å². The van der Waals surface area contributed by atoms with E-state index in [2.05, 4.69) is 0 Å². The van der Waals surface area contributed by atoms with E-state index >= 15 is 0 Å². The van der Waals surface area contributed by atoms with Crippen molar-refractivity contribution in [3.8, 4) is 30.3 Å². The smallest absolute Gasteiger partial charge is 0.146 e. The van der Waals surface area contributed by atoms with Gasteiger partial charge in [0.05, 0.1) is 0 Å². The van der Waals surface area contributed by atoms with Crippen molar-refractivity contribution in [2.24, 2.45) is 0 Å². The number of halogens is 15. The first-order valence-electron chi connectivity index (χ1n) is 13.5. The molecule has 5 aromatic carbocycles. The molecule has 0 atom stereocenters. The van der Waals surface area contributed by atoms with Gasteiger partial charge < -0.3 is 0 Å². The minimum atomic E-state index is -1.18. The van der Waals surface area contributed by atoms with Gasteiger partial charge in [-0.3, -0.25) is 0 Å². The lowest BCUT2D eigenvalue weighted by Gasteiger charge is -1.94. The second kappa shape index (κ2) is 21.1. The molecule has 0 saturated heterocycles. The van der Waals surface area contributed by atoms with E-state index in [0.717, 1.165) is 0 Å². The van der Waals surface area contributed by atoms with E-state index in [9.17, 15) is 65.9 Å². The number of hydrogen-bond donors (Lipinski definition) is 0. The SMILES string of the molecule is N#Cc1c(F)cc(F)cc1F.N#Cc1c(F)cc(F)cc1F.N#Cc1c(F)cc(F)cc1F.N#Cc1c(F)cc(F)cc1F.N#Cc1c(F)cc(F)cc1F. The normalized spacial score (nSPS) is 9.27. The Morgan fingerprint density at radius 2 is 0.309 bits per heavy atom. The number of hydrogen-bond acceptors (Lipinski definition) is 5. The zero-order valence-electron chi connectivity index (χ0n) is 26.2. The fraction of sp³-hybridized carbons (Fsp3) is 0. The summed E-state index contributed by atoms with van der Waals surface area (Å²) in [6.45, 7) is 0. The van der Waals surface area contributed by atoms with Crippen LogP contribution in [0.4, 0.5) is 65.9 Å². The Morgan fingerprint density at radius 3 is 0.382 bits per heavy atom. The van der Waals surface area contributed by atoms with Crippen molar-refractivity contribution in [2.45, 2.75) is 0 Å². The standard InChI is InChI=1S/5C7H2F3N/c5*8-4-1-6(9)5(3-11)7(10)2-4/h5*1-2H. The van der Waals surface area contributed by atoms with Crippen molar-refractivity contribution >= 4 is 0 Å². The van der Waals surface area contributed by atoms with Gasteiger partial charge in [0.15, 0.2) is 0 Å². The topological polar surface area (TPSA) is 119 Å². The third-order valence-electron chi connectivity index (χ3n) is 5.59. The predicted octanol–water partition coefficient (Wildman–Crippen LogP) is 9.88. The van der Waals surface area contributed by atoms with Crippen LogP contribution in [0.25, 0.3) is 0 Å². The van der Waals surface area contributed by atoms with Gasteiger partial charge in [0, 0.05) is 60.7 Å². The fourth-order valence-corrected chi connectivity index (χ4v) is 3.25.